The van der Waals surface area contributed by atoms with Gasteiger partial charge in [0.1, 0.15) is 0 Å². The van der Waals surface area contributed by atoms with E-state index in [0.29, 0.717) is 25.4 Å². The summed E-state index contributed by atoms with van der Waals surface area (Å²) in [6.45, 7) is 3.80. The molecule has 1 aliphatic carbocycles. The lowest BCUT2D eigenvalue weighted by molar-refractivity contribution is -0.000865. The zero-order chi connectivity index (χ0) is 14.5. The van der Waals surface area contributed by atoms with Crippen LogP contribution in [0.1, 0.15) is 24.8 Å². The van der Waals surface area contributed by atoms with E-state index in [4.69, 9.17) is 9.47 Å². The van der Waals surface area contributed by atoms with Crippen molar-refractivity contribution in [2.24, 2.45) is 5.92 Å². The van der Waals surface area contributed by atoms with Crippen LogP contribution in [0.2, 0.25) is 0 Å². The summed E-state index contributed by atoms with van der Waals surface area (Å²) >= 11 is 0. The third-order valence-corrected chi connectivity index (χ3v) is 4.60. The summed E-state index contributed by atoms with van der Waals surface area (Å²) in [7, 11) is 1.73. The molecule has 1 saturated carbocycles. The Morgan fingerprint density at radius 1 is 1.19 bits per heavy atom. The molecule has 2 aliphatic rings. The summed E-state index contributed by atoms with van der Waals surface area (Å²) in [6, 6.07) is 4.75. The molecule has 116 valence electrons. The summed E-state index contributed by atoms with van der Waals surface area (Å²) in [5.74, 6) is 0.933. The van der Waals surface area contributed by atoms with Crippen LogP contribution in [0.5, 0.6) is 0 Å². The van der Waals surface area contributed by atoms with Crippen molar-refractivity contribution in [3.8, 4) is 0 Å². The molecule has 4 nitrogen and oxygen atoms in total. The van der Waals surface area contributed by atoms with Gasteiger partial charge in [0, 0.05) is 38.6 Å². The van der Waals surface area contributed by atoms with Crippen LogP contribution in [0.4, 0.5) is 0 Å². The number of methoxy groups -OCH3 is 1. The van der Waals surface area contributed by atoms with E-state index in [0.717, 1.165) is 18.8 Å². The summed E-state index contributed by atoms with van der Waals surface area (Å²) in [5.41, 5.74) is 1.36. The number of ether oxygens (including phenoxy) is 2. The zero-order valence-electron chi connectivity index (χ0n) is 12.9. The van der Waals surface area contributed by atoms with Crippen molar-refractivity contribution in [1.29, 1.82) is 0 Å². The molecule has 1 aromatic heterocycles. The molecular weight excluding hydrogens is 264 g/mol. The summed E-state index contributed by atoms with van der Waals surface area (Å²) in [4.78, 5) is 6.76. The molecule has 2 heterocycles. The monoisotopic (exact) mass is 290 g/mol. The van der Waals surface area contributed by atoms with Gasteiger partial charge in [-0.1, -0.05) is 0 Å². The highest BCUT2D eigenvalue weighted by Gasteiger charge is 2.37. The Labute approximate surface area is 127 Å². The molecule has 2 atom stereocenters. The quantitative estimate of drug-likeness (QED) is 0.687. The van der Waals surface area contributed by atoms with Gasteiger partial charge in [-0.15, -0.1) is 0 Å². The molecule has 1 saturated heterocycles. The number of nitrogens with zero attached hydrogens (tertiary/aromatic N) is 2. The van der Waals surface area contributed by atoms with Crippen molar-refractivity contribution in [3.63, 3.8) is 0 Å². The first-order valence-corrected chi connectivity index (χ1v) is 8.10. The van der Waals surface area contributed by atoms with Gasteiger partial charge in [0.25, 0.3) is 0 Å². The van der Waals surface area contributed by atoms with Crippen molar-refractivity contribution < 1.29 is 9.47 Å². The van der Waals surface area contributed by atoms with Gasteiger partial charge in [-0.2, -0.15) is 0 Å². The van der Waals surface area contributed by atoms with E-state index in [1.54, 1.807) is 7.11 Å². The number of aromatic nitrogens is 1. The van der Waals surface area contributed by atoms with Crippen molar-refractivity contribution >= 4 is 0 Å². The lowest BCUT2D eigenvalue weighted by atomic mass is 10.0. The van der Waals surface area contributed by atoms with Crippen LogP contribution in [0.3, 0.4) is 0 Å². The number of hydrogen-bond donors (Lipinski definition) is 0. The van der Waals surface area contributed by atoms with Crippen molar-refractivity contribution in [2.45, 2.75) is 37.8 Å². The minimum atomic E-state index is 0.340. The Morgan fingerprint density at radius 2 is 2.00 bits per heavy atom. The average molecular weight is 290 g/mol. The van der Waals surface area contributed by atoms with E-state index in [1.165, 1.54) is 31.5 Å². The van der Waals surface area contributed by atoms with Gasteiger partial charge in [-0.05, 0) is 49.3 Å². The van der Waals surface area contributed by atoms with Gasteiger partial charge in [-0.25, -0.2) is 0 Å². The van der Waals surface area contributed by atoms with E-state index >= 15 is 0 Å². The van der Waals surface area contributed by atoms with Crippen molar-refractivity contribution in [1.82, 2.24) is 9.88 Å². The molecule has 2 fully saturated rings. The van der Waals surface area contributed by atoms with Crippen LogP contribution in [0.25, 0.3) is 0 Å². The Morgan fingerprint density at radius 3 is 2.71 bits per heavy atom. The summed E-state index contributed by atoms with van der Waals surface area (Å²) in [6.07, 6.45) is 9.14. The first kappa shape index (κ1) is 14.9. The average Bonchev–Trinajstić information content (AvgIpc) is 3.25. The normalized spacial score (nSPS) is 26.3. The van der Waals surface area contributed by atoms with E-state index in [2.05, 4.69) is 22.0 Å². The first-order chi connectivity index (χ1) is 10.4. The van der Waals surface area contributed by atoms with E-state index < -0.39 is 0 Å². The van der Waals surface area contributed by atoms with Crippen LogP contribution < -0.4 is 0 Å². The molecule has 0 radical (unpaired) electrons. The maximum absolute atomic E-state index is 6.08. The van der Waals surface area contributed by atoms with Gasteiger partial charge in [0.2, 0.25) is 0 Å². The smallest absolute Gasteiger partial charge is 0.0746 e. The van der Waals surface area contributed by atoms with Gasteiger partial charge in [0.15, 0.2) is 0 Å². The van der Waals surface area contributed by atoms with Gasteiger partial charge in [0.05, 0.1) is 19.3 Å². The molecule has 0 unspecified atom stereocenters. The minimum absolute atomic E-state index is 0.340. The SMILES string of the molecule is COCCO[C@@H]1CCN(CC2CC2)[C@H]1Cc1ccncc1. The van der Waals surface area contributed by atoms with Crippen LogP contribution in [-0.2, 0) is 15.9 Å². The van der Waals surface area contributed by atoms with Crippen LogP contribution >= 0.6 is 0 Å². The molecule has 1 aliphatic heterocycles. The molecule has 4 heteroatoms. The minimum Gasteiger partial charge on any atom is -0.382 e. The highest BCUT2D eigenvalue weighted by atomic mass is 16.5. The predicted octanol–water partition coefficient (Wildman–Crippen LogP) is 2.14. The molecule has 21 heavy (non-hydrogen) atoms. The second-order valence-corrected chi connectivity index (χ2v) is 6.26. The molecule has 0 spiro atoms. The van der Waals surface area contributed by atoms with Crippen molar-refractivity contribution in [3.05, 3.63) is 30.1 Å². The van der Waals surface area contributed by atoms with E-state index in [9.17, 15) is 0 Å². The third-order valence-electron chi connectivity index (χ3n) is 4.60. The zero-order valence-corrected chi connectivity index (χ0v) is 12.9. The standard InChI is InChI=1S/C17H26N2O2/c1-20-10-11-21-17-6-9-19(13-15-2-3-15)16(17)12-14-4-7-18-8-5-14/h4-5,7-8,15-17H,2-3,6,9-13H2,1H3/t16-,17+/m0/s1. The van der Waals surface area contributed by atoms with Crippen LogP contribution in [0.15, 0.2) is 24.5 Å². The highest BCUT2D eigenvalue weighted by molar-refractivity contribution is 5.13. The van der Waals surface area contributed by atoms with E-state index in [-0.39, 0.29) is 0 Å². The Bertz CT molecular complexity index is 422. The number of likely N-dealkylation sites (tertiary alicyclic amines) is 1. The second kappa shape index (κ2) is 7.34. The highest BCUT2D eigenvalue weighted by Crippen LogP contribution is 2.33. The number of hydrogen-bond acceptors (Lipinski definition) is 4. The Balaban J connectivity index is 1.61. The summed E-state index contributed by atoms with van der Waals surface area (Å²) < 4.78 is 11.2. The lowest BCUT2D eigenvalue weighted by Crippen LogP contribution is -2.39. The van der Waals surface area contributed by atoms with Gasteiger partial charge in [-0.3, -0.25) is 9.88 Å². The molecule has 0 N–H and O–H groups in total. The predicted molar refractivity (Wildman–Crippen MR) is 82.3 cm³/mol. The fourth-order valence-corrected chi connectivity index (χ4v) is 3.24. The topological polar surface area (TPSA) is 34.6 Å². The van der Waals surface area contributed by atoms with Gasteiger partial charge < -0.3 is 9.47 Å². The maximum Gasteiger partial charge on any atom is 0.0746 e. The fraction of sp³-hybridized carbons (Fsp3) is 0.706. The second-order valence-electron chi connectivity index (χ2n) is 6.26. The van der Waals surface area contributed by atoms with Gasteiger partial charge >= 0.3 is 0 Å². The summed E-state index contributed by atoms with van der Waals surface area (Å²) in [5, 5.41) is 0. The molecule has 0 amide bonds. The Kier molecular flexibility index (Phi) is 5.22. The third kappa shape index (κ3) is 4.25. The number of pyridine rings is 1. The van der Waals surface area contributed by atoms with Crippen LogP contribution in [-0.4, -0.2) is 55.4 Å². The largest absolute Gasteiger partial charge is 0.382 e. The van der Waals surface area contributed by atoms with E-state index in [1.807, 2.05) is 12.4 Å². The fourth-order valence-electron chi connectivity index (χ4n) is 3.24. The molecular formula is C17H26N2O2. The molecule has 1 aromatic rings. The van der Waals surface area contributed by atoms with Crippen molar-refractivity contribution in [2.75, 3.05) is 33.4 Å². The maximum atomic E-state index is 6.08. The van der Waals surface area contributed by atoms with Crippen LogP contribution in [0, 0.1) is 5.92 Å². The first-order valence-electron chi connectivity index (χ1n) is 8.10. The molecule has 0 bridgehead atoms. The number of rotatable bonds is 8. The molecule has 3 rings (SSSR count). The molecule has 0 aromatic carbocycles. The lowest BCUT2D eigenvalue weighted by Gasteiger charge is -2.28. The Hall–Kier alpha value is -0.970.